The highest BCUT2D eigenvalue weighted by atomic mass is 16.4. The molecule has 1 aromatic carbocycles. The maximum absolute atomic E-state index is 11.9. The van der Waals surface area contributed by atoms with Gasteiger partial charge in [-0.15, -0.1) is 0 Å². The third-order valence-electron chi connectivity index (χ3n) is 3.75. The Labute approximate surface area is 132 Å². The Hall–Kier alpha value is -1.84. The van der Waals surface area contributed by atoms with E-state index in [1.165, 1.54) is 5.56 Å². The van der Waals surface area contributed by atoms with E-state index in [0.29, 0.717) is 13.0 Å². The first-order valence-corrected chi connectivity index (χ1v) is 8.03. The number of aryl methyl sites for hydroxylation is 2. The molecular weight excluding hydrogens is 278 g/mol. The van der Waals surface area contributed by atoms with Gasteiger partial charge < -0.3 is 10.4 Å². The van der Waals surface area contributed by atoms with Crippen LogP contribution in [-0.4, -0.2) is 23.5 Å². The summed E-state index contributed by atoms with van der Waals surface area (Å²) < 4.78 is 0. The van der Waals surface area contributed by atoms with Gasteiger partial charge in [0.1, 0.15) is 0 Å². The zero-order valence-corrected chi connectivity index (χ0v) is 13.7. The van der Waals surface area contributed by atoms with E-state index in [9.17, 15) is 9.59 Å². The maximum atomic E-state index is 11.9. The number of carboxylic acid groups (broad SMARTS) is 1. The van der Waals surface area contributed by atoms with Crippen LogP contribution in [0.15, 0.2) is 18.2 Å². The Morgan fingerprint density at radius 1 is 1.05 bits per heavy atom. The fourth-order valence-electron chi connectivity index (χ4n) is 2.39. The molecule has 0 bridgehead atoms. The van der Waals surface area contributed by atoms with Crippen molar-refractivity contribution in [1.82, 2.24) is 5.32 Å². The summed E-state index contributed by atoms with van der Waals surface area (Å²) in [4.78, 5) is 22.3. The van der Waals surface area contributed by atoms with E-state index in [1.807, 2.05) is 13.8 Å². The van der Waals surface area contributed by atoms with E-state index in [4.69, 9.17) is 5.11 Å². The summed E-state index contributed by atoms with van der Waals surface area (Å²) in [6.07, 6.45) is 5.39. The van der Waals surface area contributed by atoms with Crippen molar-refractivity contribution in [3.8, 4) is 0 Å². The first-order chi connectivity index (χ1) is 10.5. The number of aliphatic carboxylic acids is 1. The second-order valence-corrected chi connectivity index (χ2v) is 5.87. The van der Waals surface area contributed by atoms with Crippen LogP contribution >= 0.6 is 0 Å². The average Bonchev–Trinajstić information content (AvgIpc) is 2.45. The van der Waals surface area contributed by atoms with E-state index in [-0.39, 0.29) is 12.3 Å². The predicted molar refractivity (Wildman–Crippen MR) is 88.0 cm³/mol. The molecule has 0 unspecified atom stereocenters. The first-order valence-electron chi connectivity index (χ1n) is 8.03. The van der Waals surface area contributed by atoms with Gasteiger partial charge in [-0.25, -0.2) is 0 Å². The molecule has 0 aliphatic carbocycles. The third-order valence-corrected chi connectivity index (χ3v) is 3.75. The molecule has 0 radical (unpaired) electrons. The zero-order chi connectivity index (χ0) is 16.4. The summed E-state index contributed by atoms with van der Waals surface area (Å²) in [6.45, 7) is 4.76. The smallest absolute Gasteiger partial charge is 0.303 e. The number of nitrogens with one attached hydrogen (secondary N) is 1. The van der Waals surface area contributed by atoms with Crippen LogP contribution in [0.25, 0.3) is 0 Å². The van der Waals surface area contributed by atoms with Gasteiger partial charge in [-0.2, -0.15) is 0 Å². The molecule has 0 saturated heterocycles. The quantitative estimate of drug-likeness (QED) is 0.651. The standard InChI is InChI=1S/C18H27NO3/c1-14-9-10-15(2)16(12-14)13-17(20)19-11-7-5-3-4-6-8-18(21)22/h9-10,12H,3-8,11,13H2,1-2H3,(H,19,20)(H,21,22). The van der Waals surface area contributed by atoms with Crippen molar-refractivity contribution in [3.63, 3.8) is 0 Å². The van der Waals surface area contributed by atoms with Crippen molar-refractivity contribution in [2.24, 2.45) is 0 Å². The molecule has 0 spiro atoms. The Balaban J connectivity index is 2.11. The molecule has 0 atom stereocenters. The molecule has 2 N–H and O–H groups in total. The lowest BCUT2D eigenvalue weighted by Crippen LogP contribution is -2.26. The molecule has 4 heteroatoms. The van der Waals surface area contributed by atoms with Crippen LogP contribution in [-0.2, 0) is 16.0 Å². The van der Waals surface area contributed by atoms with Gasteiger partial charge in [-0.05, 0) is 37.8 Å². The van der Waals surface area contributed by atoms with Crippen LogP contribution in [0.1, 0.15) is 55.2 Å². The minimum Gasteiger partial charge on any atom is -0.481 e. The number of hydrogen-bond donors (Lipinski definition) is 2. The van der Waals surface area contributed by atoms with Gasteiger partial charge in [0.2, 0.25) is 5.91 Å². The van der Waals surface area contributed by atoms with Crippen LogP contribution in [0.4, 0.5) is 0 Å². The Morgan fingerprint density at radius 2 is 1.73 bits per heavy atom. The van der Waals surface area contributed by atoms with Gasteiger partial charge in [0.25, 0.3) is 0 Å². The monoisotopic (exact) mass is 305 g/mol. The molecule has 0 fully saturated rings. The molecule has 1 amide bonds. The second-order valence-electron chi connectivity index (χ2n) is 5.87. The Bertz CT molecular complexity index is 497. The molecule has 4 nitrogen and oxygen atoms in total. The number of carbonyl (C=O) groups is 2. The van der Waals surface area contributed by atoms with Gasteiger partial charge >= 0.3 is 5.97 Å². The van der Waals surface area contributed by atoms with Gasteiger partial charge in [-0.1, -0.05) is 43.0 Å². The van der Waals surface area contributed by atoms with Crippen molar-refractivity contribution in [2.75, 3.05) is 6.54 Å². The SMILES string of the molecule is Cc1ccc(C)c(CC(=O)NCCCCCCCC(=O)O)c1. The molecule has 1 rings (SSSR count). The molecule has 0 saturated carbocycles. The van der Waals surface area contributed by atoms with Gasteiger partial charge in [-0.3, -0.25) is 9.59 Å². The van der Waals surface area contributed by atoms with E-state index >= 15 is 0 Å². The van der Waals surface area contributed by atoms with Gasteiger partial charge in [0, 0.05) is 13.0 Å². The summed E-state index contributed by atoms with van der Waals surface area (Å²) in [5, 5.41) is 11.5. The molecular formula is C18H27NO3. The molecule has 22 heavy (non-hydrogen) atoms. The van der Waals surface area contributed by atoms with Crippen molar-refractivity contribution in [3.05, 3.63) is 34.9 Å². The zero-order valence-electron chi connectivity index (χ0n) is 13.7. The number of benzene rings is 1. The van der Waals surface area contributed by atoms with Gasteiger partial charge in [0.15, 0.2) is 0 Å². The summed E-state index contributed by atoms with van der Waals surface area (Å²) in [7, 11) is 0. The van der Waals surface area contributed by atoms with E-state index in [0.717, 1.165) is 43.2 Å². The normalized spacial score (nSPS) is 10.5. The summed E-state index contributed by atoms with van der Waals surface area (Å²) in [5.41, 5.74) is 3.42. The van der Waals surface area contributed by atoms with Crippen LogP contribution in [0.3, 0.4) is 0 Å². The van der Waals surface area contributed by atoms with Crippen LogP contribution in [0.5, 0.6) is 0 Å². The van der Waals surface area contributed by atoms with Crippen molar-refractivity contribution in [1.29, 1.82) is 0 Å². The number of rotatable bonds is 10. The number of unbranched alkanes of at least 4 members (excludes halogenated alkanes) is 4. The van der Waals surface area contributed by atoms with Crippen LogP contribution in [0.2, 0.25) is 0 Å². The molecule has 0 aliphatic heterocycles. The predicted octanol–water partition coefficient (Wildman–Crippen LogP) is 3.39. The summed E-state index contributed by atoms with van der Waals surface area (Å²) in [6, 6.07) is 6.17. The minimum atomic E-state index is -0.723. The van der Waals surface area contributed by atoms with E-state index in [1.54, 1.807) is 0 Å². The number of carbonyl (C=O) groups excluding carboxylic acids is 1. The van der Waals surface area contributed by atoms with Crippen LogP contribution < -0.4 is 5.32 Å². The van der Waals surface area contributed by atoms with Crippen molar-refractivity contribution >= 4 is 11.9 Å². The largest absolute Gasteiger partial charge is 0.481 e. The lowest BCUT2D eigenvalue weighted by atomic mass is 10.0. The highest BCUT2D eigenvalue weighted by Gasteiger charge is 2.05. The fourth-order valence-corrected chi connectivity index (χ4v) is 2.39. The summed E-state index contributed by atoms with van der Waals surface area (Å²) >= 11 is 0. The number of amides is 1. The fraction of sp³-hybridized carbons (Fsp3) is 0.556. The molecule has 0 aromatic heterocycles. The highest BCUT2D eigenvalue weighted by Crippen LogP contribution is 2.11. The topological polar surface area (TPSA) is 66.4 Å². The van der Waals surface area contributed by atoms with Gasteiger partial charge in [0.05, 0.1) is 6.42 Å². The number of hydrogen-bond acceptors (Lipinski definition) is 2. The molecule has 0 heterocycles. The molecule has 1 aromatic rings. The van der Waals surface area contributed by atoms with Crippen LogP contribution in [0, 0.1) is 13.8 Å². The average molecular weight is 305 g/mol. The van der Waals surface area contributed by atoms with E-state index in [2.05, 4.69) is 23.5 Å². The second kappa shape index (κ2) is 9.98. The van der Waals surface area contributed by atoms with E-state index < -0.39 is 5.97 Å². The minimum absolute atomic E-state index is 0.0691. The number of carboxylic acids is 1. The highest BCUT2D eigenvalue weighted by molar-refractivity contribution is 5.78. The van der Waals surface area contributed by atoms with Crippen molar-refractivity contribution < 1.29 is 14.7 Å². The lowest BCUT2D eigenvalue weighted by molar-refractivity contribution is -0.137. The molecule has 0 aliphatic rings. The Kier molecular flexibility index (Phi) is 8.26. The lowest BCUT2D eigenvalue weighted by Gasteiger charge is -2.08. The first kappa shape index (κ1) is 18.2. The molecule has 122 valence electrons. The summed E-state index contributed by atoms with van der Waals surface area (Å²) in [5.74, 6) is -0.654. The third kappa shape index (κ3) is 7.81. The van der Waals surface area contributed by atoms with Crippen molar-refractivity contribution in [2.45, 2.75) is 58.8 Å². The maximum Gasteiger partial charge on any atom is 0.303 e. The Morgan fingerprint density at radius 3 is 2.45 bits per heavy atom.